The number of benzene rings is 1. The minimum Gasteiger partial charge on any atom is -0.476 e. The van der Waals surface area contributed by atoms with Crippen LogP contribution in [0.4, 0.5) is 5.69 Å². The summed E-state index contributed by atoms with van der Waals surface area (Å²) in [6, 6.07) is 13.0. The summed E-state index contributed by atoms with van der Waals surface area (Å²) in [4.78, 5) is 17.8. The summed E-state index contributed by atoms with van der Waals surface area (Å²) in [6.45, 7) is 2.56. The first-order valence-electron chi connectivity index (χ1n) is 9.01. The molecule has 3 aromatic rings. The molecule has 0 saturated heterocycles. The number of ether oxygens (including phenoxy) is 1. The molecular formula is C20H21N3O4S2. The molecule has 1 amide bonds. The fourth-order valence-electron chi connectivity index (χ4n) is 2.56. The van der Waals surface area contributed by atoms with E-state index in [1.807, 2.05) is 24.4 Å². The summed E-state index contributed by atoms with van der Waals surface area (Å²) in [5.41, 5.74) is 0.778. The Morgan fingerprint density at radius 2 is 1.93 bits per heavy atom. The molecule has 2 heterocycles. The zero-order valence-corrected chi connectivity index (χ0v) is 17.4. The molecule has 0 aliphatic carbocycles. The summed E-state index contributed by atoms with van der Waals surface area (Å²) in [6.07, 6.45) is 2.20. The molecule has 0 bridgehead atoms. The molecule has 0 saturated carbocycles. The van der Waals surface area contributed by atoms with Gasteiger partial charge in [0.1, 0.15) is 5.69 Å². The highest BCUT2D eigenvalue weighted by atomic mass is 32.2. The Labute approximate surface area is 173 Å². The number of aromatic nitrogens is 1. The maximum Gasteiger partial charge on any atom is 0.255 e. The minimum absolute atomic E-state index is 0.108. The quantitative estimate of drug-likeness (QED) is 0.542. The van der Waals surface area contributed by atoms with E-state index in [-0.39, 0.29) is 10.8 Å². The summed E-state index contributed by atoms with van der Waals surface area (Å²) in [5, 5.41) is 4.68. The van der Waals surface area contributed by atoms with Crippen molar-refractivity contribution in [3.8, 4) is 5.88 Å². The van der Waals surface area contributed by atoms with Crippen LogP contribution in [0.1, 0.15) is 22.2 Å². The van der Waals surface area contributed by atoms with Gasteiger partial charge in [0.15, 0.2) is 0 Å². The van der Waals surface area contributed by atoms with E-state index in [0.29, 0.717) is 36.7 Å². The highest BCUT2D eigenvalue weighted by Gasteiger charge is 2.15. The maximum absolute atomic E-state index is 12.5. The Bertz CT molecular complexity index is 1050. The second-order valence-electron chi connectivity index (χ2n) is 5.99. The molecule has 1 aromatic carbocycles. The SMILES string of the molecule is CCOc1ncccc1NC(=O)c1ccc(S(=O)(=O)NCCc2cccs2)cc1. The number of thiophene rings is 1. The standard InChI is InChI=1S/C20H21N3O4S2/c1-2-27-20-18(6-3-12-21-20)23-19(24)15-7-9-17(10-8-15)29(25,26)22-13-11-16-5-4-14-28-16/h3-10,12,14,22H,2,11,13H2,1H3,(H,23,24). The number of rotatable bonds is 9. The van der Waals surface area contributed by atoms with Crippen LogP contribution in [-0.2, 0) is 16.4 Å². The summed E-state index contributed by atoms with van der Waals surface area (Å²) < 4.78 is 32.8. The van der Waals surface area contributed by atoms with E-state index in [4.69, 9.17) is 4.74 Å². The number of sulfonamides is 1. The molecular weight excluding hydrogens is 410 g/mol. The predicted molar refractivity (Wildman–Crippen MR) is 113 cm³/mol. The first-order valence-corrected chi connectivity index (χ1v) is 11.4. The predicted octanol–water partition coefficient (Wildman–Crippen LogP) is 3.32. The smallest absolute Gasteiger partial charge is 0.255 e. The lowest BCUT2D eigenvalue weighted by molar-refractivity contribution is 0.102. The molecule has 2 N–H and O–H groups in total. The molecule has 0 atom stereocenters. The number of pyridine rings is 1. The van der Waals surface area contributed by atoms with Crippen molar-refractivity contribution >= 4 is 33.0 Å². The number of amides is 1. The lowest BCUT2D eigenvalue weighted by Crippen LogP contribution is -2.26. The third-order valence-electron chi connectivity index (χ3n) is 3.97. The Kier molecular flexibility index (Phi) is 6.97. The molecule has 0 aliphatic rings. The minimum atomic E-state index is -3.64. The van der Waals surface area contributed by atoms with Crippen molar-refractivity contribution in [1.29, 1.82) is 0 Å². The van der Waals surface area contributed by atoms with E-state index in [2.05, 4.69) is 15.0 Å². The van der Waals surface area contributed by atoms with Gasteiger partial charge >= 0.3 is 0 Å². The van der Waals surface area contributed by atoms with Crippen molar-refractivity contribution in [3.05, 3.63) is 70.5 Å². The highest BCUT2D eigenvalue weighted by Crippen LogP contribution is 2.21. The van der Waals surface area contributed by atoms with Crippen molar-refractivity contribution in [2.45, 2.75) is 18.2 Å². The van der Waals surface area contributed by atoms with Gasteiger partial charge in [-0.25, -0.2) is 18.1 Å². The molecule has 0 spiro atoms. The lowest BCUT2D eigenvalue weighted by Gasteiger charge is -2.10. The lowest BCUT2D eigenvalue weighted by atomic mass is 10.2. The zero-order chi connectivity index (χ0) is 20.7. The van der Waals surface area contributed by atoms with Crippen molar-refractivity contribution in [2.24, 2.45) is 0 Å². The molecule has 7 nitrogen and oxygen atoms in total. The Morgan fingerprint density at radius 3 is 2.62 bits per heavy atom. The molecule has 29 heavy (non-hydrogen) atoms. The van der Waals surface area contributed by atoms with Crippen molar-refractivity contribution < 1.29 is 17.9 Å². The van der Waals surface area contributed by atoms with Crippen LogP contribution in [0.15, 0.2) is 65.0 Å². The normalized spacial score (nSPS) is 11.2. The van der Waals surface area contributed by atoms with Crippen molar-refractivity contribution in [1.82, 2.24) is 9.71 Å². The summed E-state index contributed by atoms with van der Waals surface area (Å²) in [7, 11) is -3.64. The number of nitrogens with one attached hydrogen (secondary N) is 2. The van der Waals surface area contributed by atoms with Gasteiger partial charge in [-0.2, -0.15) is 0 Å². The van der Waals surface area contributed by atoms with Gasteiger partial charge in [-0.05, 0) is 61.2 Å². The average molecular weight is 432 g/mol. The molecule has 9 heteroatoms. The van der Waals surface area contributed by atoms with Crippen LogP contribution >= 0.6 is 11.3 Å². The third-order valence-corrected chi connectivity index (χ3v) is 6.38. The zero-order valence-electron chi connectivity index (χ0n) is 15.8. The van der Waals surface area contributed by atoms with Crippen molar-refractivity contribution in [3.63, 3.8) is 0 Å². The van der Waals surface area contributed by atoms with E-state index < -0.39 is 10.0 Å². The van der Waals surface area contributed by atoms with Crippen LogP contribution in [0, 0.1) is 0 Å². The van der Waals surface area contributed by atoms with Gasteiger partial charge in [0.25, 0.3) is 5.91 Å². The Balaban J connectivity index is 1.63. The number of carbonyl (C=O) groups excluding carboxylic acids is 1. The second-order valence-corrected chi connectivity index (χ2v) is 8.79. The number of carbonyl (C=O) groups is 1. The van der Waals surface area contributed by atoms with Crippen molar-refractivity contribution in [2.75, 3.05) is 18.5 Å². The van der Waals surface area contributed by atoms with Crippen LogP contribution in [-0.4, -0.2) is 32.5 Å². The van der Waals surface area contributed by atoms with Gasteiger partial charge in [0.05, 0.1) is 11.5 Å². The van der Waals surface area contributed by atoms with E-state index >= 15 is 0 Å². The average Bonchev–Trinajstić information content (AvgIpc) is 3.23. The number of anilines is 1. The fraction of sp³-hybridized carbons (Fsp3) is 0.200. The van der Waals surface area contributed by atoms with Crippen LogP contribution in [0.2, 0.25) is 0 Å². The maximum atomic E-state index is 12.5. The molecule has 0 fully saturated rings. The monoisotopic (exact) mass is 431 g/mol. The van der Waals surface area contributed by atoms with Gasteiger partial charge in [-0.1, -0.05) is 6.07 Å². The van der Waals surface area contributed by atoms with Crippen LogP contribution < -0.4 is 14.8 Å². The molecule has 0 aliphatic heterocycles. The van der Waals surface area contributed by atoms with E-state index in [1.165, 1.54) is 24.3 Å². The second kappa shape index (κ2) is 9.64. The molecule has 0 radical (unpaired) electrons. The Hall–Kier alpha value is -2.75. The topological polar surface area (TPSA) is 97.4 Å². The van der Waals surface area contributed by atoms with Crippen LogP contribution in [0.5, 0.6) is 5.88 Å². The van der Waals surface area contributed by atoms with Crippen LogP contribution in [0.25, 0.3) is 0 Å². The third kappa shape index (κ3) is 5.63. The summed E-state index contributed by atoms with van der Waals surface area (Å²) >= 11 is 1.59. The highest BCUT2D eigenvalue weighted by molar-refractivity contribution is 7.89. The van der Waals surface area contributed by atoms with Gasteiger partial charge in [-0.15, -0.1) is 11.3 Å². The van der Waals surface area contributed by atoms with Gasteiger partial charge in [-0.3, -0.25) is 4.79 Å². The van der Waals surface area contributed by atoms with Gasteiger partial charge < -0.3 is 10.1 Å². The van der Waals surface area contributed by atoms with Gasteiger partial charge in [0, 0.05) is 23.2 Å². The number of hydrogen-bond donors (Lipinski definition) is 2. The number of hydrogen-bond acceptors (Lipinski definition) is 6. The Morgan fingerprint density at radius 1 is 1.14 bits per heavy atom. The first kappa shape index (κ1) is 21.0. The number of nitrogens with zero attached hydrogens (tertiary/aromatic N) is 1. The largest absolute Gasteiger partial charge is 0.476 e. The first-order chi connectivity index (χ1) is 14.0. The van der Waals surface area contributed by atoms with Crippen LogP contribution in [0.3, 0.4) is 0 Å². The molecule has 3 rings (SSSR count). The summed E-state index contributed by atoms with van der Waals surface area (Å²) in [5.74, 6) is -0.0500. The van der Waals surface area contributed by atoms with E-state index in [0.717, 1.165) is 4.88 Å². The molecule has 2 aromatic heterocycles. The van der Waals surface area contributed by atoms with Gasteiger partial charge in [0.2, 0.25) is 15.9 Å². The van der Waals surface area contributed by atoms with E-state index in [1.54, 1.807) is 29.7 Å². The fourth-order valence-corrected chi connectivity index (χ4v) is 4.31. The van der Waals surface area contributed by atoms with E-state index in [9.17, 15) is 13.2 Å². The molecule has 152 valence electrons. The molecule has 0 unspecified atom stereocenters.